The number of fused-ring (bicyclic) bond motifs is 2. The van der Waals surface area contributed by atoms with Crippen LogP contribution in [-0.4, -0.2) is 32.6 Å². The van der Waals surface area contributed by atoms with Gasteiger partial charge in [0.1, 0.15) is 23.7 Å². The third-order valence-corrected chi connectivity index (χ3v) is 5.53. The van der Waals surface area contributed by atoms with Crippen LogP contribution in [0.1, 0.15) is 25.0 Å². The minimum Gasteiger partial charge on any atom is -0.507 e. The van der Waals surface area contributed by atoms with E-state index in [0.717, 1.165) is 0 Å². The normalized spacial score (nSPS) is 19.8. The quantitative estimate of drug-likeness (QED) is 0.492. The maximum Gasteiger partial charge on any atom is 0.166 e. The van der Waals surface area contributed by atoms with E-state index in [0.29, 0.717) is 35.1 Å². The summed E-state index contributed by atoms with van der Waals surface area (Å²) in [5.41, 5.74) is 1.92. The Morgan fingerprint density at radius 2 is 1.06 bits per heavy atom. The van der Waals surface area contributed by atoms with Crippen LogP contribution < -0.4 is 9.47 Å². The van der Waals surface area contributed by atoms with Gasteiger partial charge in [-0.15, -0.1) is 0 Å². The molecule has 32 heavy (non-hydrogen) atoms. The lowest BCUT2D eigenvalue weighted by Crippen LogP contribution is -2.08. The Bertz CT molecular complexity index is 1060. The monoisotopic (exact) mass is 434 g/mol. The standard InChI is InChI=1S/C26H26O6/c1-3-5-7-9-15-11-17-23(19(27)13-21(29)25(17)31-15)24-18-12-16(10-8-6-4-2)32-26(18)22(30)14-20(24)28/h3-10,13-16,27-30H,11-12H2,1-2H3/b5-3+,6-4+,9-7+,10-8+. The molecule has 166 valence electrons. The van der Waals surface area contributed by atoms with E-state index >= 15 is 0 Å². The topological polar surface area (TPSA) is 99.4 Å². The highest BCUT2D eigenvalue weighted by Crippen LogP contribution is 2.55. The first kappa shape index (κ1) is 21.4. The molecule has 0 aromatic heterocycles. The number of benzene rings is 2. The van der Waals surface area contributed by atoms with Crippen LogP contribution in [0.25, 0.3) is 11.1 Å². The molecule has 6 nitrogen and oxygen atoms in total. The van der Waals surface area contributed by atoms with E-state index in [-0.39, 0.29) is 46.7 Å². The fourth-order valence-electron chi connectivity index (χ4n) is 4.19. The van der Waals surface area contributed by atoms with Gasteiger partial charge in [-0.1, -0.05) is 36.5 Å². The van der Waals surface area contributed by atoms with Crippen molar-refractivity contribution in [1.29, 1.82) is 0 Å². The molecule has 2 heterocycles. The number of hydrogen-bond donors (Lipinski definition) is 4. The van der Waals surface area contributed by atoms with Gasteiger partial charge >= 0.3 is 0 Å². The van der Waals surface area contributed by atoms with Crippen molar-refractivity contribution in [2.24, 2.45) is 0 Å². The van der Waals surface area contributed by atoms with Crippen molar-refractivity contribution in [3.05, 3.63) is 71.9 Å². The third-order valence-electron chi connectivity index (χ3n) is 5.53. The first-order valence-corrected chi connectivity index (χ1v) is 10.5. The second kappa shape index (κ2) is 8.75. The Kier molecular flexibility index (Phi) is 5.86. The molecule has 6 heteroatoms. The second-order valence-corrected chi connectivity index (χ2v) is 7.74. The average Bonchev–Trinajstić information content (AvgIpc) is 3.36. The summed E-state index contributed by atoms with van der Waals surface area (Å²) < 4.78 is 11.8. The summed E-state index contributed by atoms with van der Waals surface area (Å²) in [7, 11) is 0. The van der Waals surface area contributed by atoms with Crippen molar-refractivity contribution < 1.29 is 29.9 Å². The van der Waals surface area contributed by atoms with E-state index in [1.165, 1.54) is 12.1 Å². The van der Waals surface area contributed by atoms with Crippen LogP contribution in [0.5, 0.6) is 34.5 Å². The van der Waals surface area contributed by atoms with Gasteiger partial charge in [-0.3, -0.25) is 0 Å². The number of aromatic hydroxyl groups is 4. The fraction of sp³-hybridized carbons (Fsp3) is 0.231. The first-order valence-electron chi connectivity index (χ1n) is 10.5. The van der Waals surface area contributed by atoms with Crippen LogP contribution >= 0.6 is 0 Å². The molecule has 2 unspecified atom stereocenters. The van der Waals surface area contributed by atoms with Gasteiger partial charge < -0.3 is 29.9 Å². The Balaban J connectivity index is 1.82. The van der Waals surface area contributed by atoms with Gasteiger partial charge in [-0.2, -0.15) is 0 Å². The number of phenols is 4. The molecular weight excluding hydrogens is 408 g/mol. The van der Waals surface area contributed by atoms with E-state index in [9.17, 15) is 20.4 Å². The molecule has 2 aliphatic heterocycles. The third kappa shape index (κ3) is 3.80. The lowest BCUT2D eigenvalue weighted by Gasteiger charge is -2.16. The molecular formula is C26H26O6. The van der Waals surface area contributed by atoms with Crippen molar-refractivity contribution in [2.45, 2.75) is 38.9 Å². The molecule has 2 aromatic rings. The molecule has 2 aromatic carbocycles. The Morgan fingerprint density at radius 3 is 1.44 bits per heavy atom. The van der Waals surface area contributed by atoms with Gasteiger partial charge in [0.25, 0.3) is 0 Å². The molecule has 0 spiro atoms. The summed E-state index contributed by atoms with van der Waals surface area (Å²) >= 11 is 0. The Labute approximate surface area is 186 Å². The smallest absolute Gasteiger partial charge is 0.166 e. The molecule has 2 atom stereocenters. The maximum atomic E-state index is 10.8. The minimum absolute atomic E-state index is 0.165. The predicted molar refractivity (Wildman–Crippen MR) is 123 cm³/mol. The van der Waals surface area contributed by atoms with Gasteiger partial charge in [0.2, 0.25) is 0 Å². The molecule has 0 saturated heterocycles. The van der Waals surface area contributed by atoms with Crippen LogP contribution in [0.3, 0.4) is 0 Å². The first-order chi connectivity index (χ1) is 15.4. The summed E-state index contributed by atoms with van der Waals surface area (Å²) in [4.78, 5) is 0. The van der Waals surface area contributed by atoms with Crippen LogP contribution in [-0.2, 0) is 12.8 Å². The van der Waals surface area contributed by atoms with Crippen molar-refractivity contribution in [3.8, 4) is 45.6 Å². The lowest BCUT2D eigenvalue weighted by atomic mass is 9.89. The van der Waals surface area contributed by atoms with Gasteiger partial charge in [0, 0.05) is 47.2 Å². The molecule has 2 aliphatic rings. The van der Waals surface area contributed by atoms with Crippen LogP contribution in [0.2, 0.25) is 0 Å². The fourth-order valence-corrected chi connectivity index (χ4v) is 4.19. The van der Waals surface area contributed by atoms with Crippen LogP contribution in [0, 0.1) is 0 Å². The predicted octanol–water partition coefficient (Wildman–Crippen LogP) is 5.05. The molecule has 4 rings (SSSR count). The number of phenolic OH excluding ortho intramolecular Hbond substituents is 4. The van der Waals surface area contributed by atoms with E-state index in [2.05, 4.69) is 0 Å². The second-order valence-electron chi connectivity index (χ2n) is 7.74. The van der Waals surface area contributed by atoms with Gasteiger partial charge in [-0.25, -0.2) is 0 Å². The summed E-state index contributed by atoms with van der Waals surface area (Å²) in [6, 6.07) is 2.42. The summed E-state index contributed by atoms with van der Waals surface area (Å²) in [5.74, 6) is -0.142. The maximum absolute atomic E-state index is 10.8. The molecule has 4 N–H and O–H groups in total. The molecule has 0 aliphatic carbocycles. The summed E-state index contributed by atoms with van der Waals surface area (Å²) in [5, 5.41) is 42.3. The Hall–Kier alpha value is -3.80. The largest absolute Gasteiger partial charge is 0.507 e. The van der Waals surface area contributed by atoms with Crippen LogP contribution in [0.4, 0.5) is 0 Å². The van der Waals surface area contributed by atoms with Gasteiger partial charge in [-0.05, 0) is 26.0 Å². The number of allylic oxidation sites excluding steroid dienone is 6. The summed E-state index contributed by atoms with van der Waals surface area (Å²) in [6.07, 6.45) is 15.2. The van der Waals surface area contributed by atoms with E-state index in [1.807, 2.05) is 62.5 Å². The lowest BCUT2D eigenvalue weighted by molar-refractivity contribution is 0.271. The SMILES string of the molecule is C/C=C/C=C/C1Cc2c(c(O)cc(O)c2-c2c(O)cc(O)c3c2CC(/C=C/C=C/C)O3)O1. The molecule has 0 radical (unpaired) electrons. The minimum atomic E-state index is -0.326. The van der Waals surface area contributed by atoms with Crippen molar-refractivity contribution in [1.82, 2.24) is 0 Å². The molecule has 0 amide bonds. The summed E-state index contributed by atoms with van der Waals surface area (Å²) in [6.45, 7) is 3.82. The zero-order valence-electron chi connectivity index (χ0n) is 17.9. The highest BCUT2D eigenvalue weighted by atomic mass is 16.5. The zero-order valence-corrected chi connectivity index (χ0v) is 17.9. The van der Waals surface area contributed by atoms with Gasteiger partial charge in [0.05, 0.1) is 0 Å². The average molecular weight is 434 g/mol. The van der Waals surface area contributed by atoms with E-state index < -0.39 is 0 Å². The van der Waals surface area contributed by atoms with Crippen molar-refractivity contribution in [3.63, 3.8) is 0 Å². The highest BCUT2D eigenvalue weighted by molar-refractivity contribution is 5.87. The number of rotatable bonds is 5. The zero-order chi connectivity index (χ0) is 22.8. The molecule has 0 bridgehead atoms. The Morgan fingerprint density at radius 1 is 0.656 bits per heavy atom. The number of ether oxygens (including phenoxy) is 2. The van der Waals surface area contributed by atoms with Crippen LogP contribution in [0.15, 0.2) is 60.7 Å². The van der Waals surface area contributed by atoms with E-state index in [1.54, 1.807) is 0 Å². The van der Waals surface area contributed by atoms with Crippen molar-refractivity contribution >= 4 is 0 Å². The number of hydrogen-bond acceptors (Lipinski definition) is 6. The van der Waals surface area contributed by atoms with Gasteiger partial charge in [0.15, 0.2) is 23.0 Å². The highest BCUT2D eigenvalue weighted by Gasteiger charge is 2.35. The molecule has 0 fully saturated rings. The molecule has 0 saturated carbocycles. The van der Waals surface area contributed by atoms with E-state index in [4.69, 9.17) is 9.47 Å². The van der Waals surface area contributed by atoms with Crippen molar-refractivity contribution in [2.75, 3.05) is 0 Å².